The third-order valence-electron chi connectivity index (χ3n) is 2.60. The van der Waals surface area contributed by atoms with E-state index >= 15 is 0 Å². The SMILES string of the molecule is CCNCC(CC(F)(F)C(F)(F)F)CC(F)(F)C(F)(F)F.O=P(O)(O)O. The molecule has 0 radical (unpaired) electrons. The molecule has 0 aromatic heterocycles. The lowest BCUT2D eigenvalue weighted by Crippen LogP contribution is -2.44. The minimum absolute atomic E-state index is 0.0195. The Bertz CT molecular complexity index is 425. The van der Waals surface area contributed by atoms with Crippen molar-refractivity contribution in [1.29, 1.82) is 0 Å². The summed E-state index contributed by atoms with van der Waals surface area (Å²) in [4.78, 5) is 21.6. The van der Waals surface area contributed by atoms with Crippen LogP contribution in [-0.2, 0) is 4.57 Å². The van der Waals surface area contributed by atoms with E-state index in [2.05, 4.69) is 5.32 Å². The highest BCUT2D eigenvalue weighted by Gasteiger charge is 2.61. The van der Waals surface area contributed by atoms with Crippen molar-refractivity contribution < 1.29 is 63.1 Å². The molecule has 0 aromatic rings. The maximum atomic E-state index is 12.8. The minimum Gasteiger partial charge on any atom is -0.317 e. The lowest BCUT2D eigenvalue weighted by atomic mass is 9.93. The van der Waals surface area contributed by atoms with Crippen LogP contribution in [0.1, 0.15) is 19.8 Å². The fourth-order valence-electron chi connectivity index (χ4n) is 1.52. The summed E-state index contributed by atoms with van der Waals surface area (Å²) < 4.78 is 132. The summed E-state index contributed by atoms with van der Waals surface area (Å²) in [5.41, 5.74) is 0. The number of alkyl halides is 10. The van der Waals surface area contributed by atoms with Crippen LogP contribution in [0.4, 0.5) is 43.9 Å². The van der Waals surface area contributed by atoms with E-state index in [9.17, 15) is 43.9 Å². The summed E-state index contributed by atoms with van der Waals surface area (Å²) in [7, 11) is -4.64. The average Bonchev–Trinajstić information content (AvgIpc) is 2.30. The fraction of sp³-hybridized carbons (Fsp3) is 1.00. The van der Waals surface area contributed by atoms with Gasteiger partial charge < -0.3 is 20.0 Å². The third-order valence-corrected chi connectivity index (χ3v) is 2.60. The number of nitrogens with one attached hydrogen (secondary N) is 1. The molecular weight excluding hydrogens is 419 g/mol. The molecule has 26 heavy (non-hydrogen) atoms. The molecule has 16 heteroatoms. The number of hydrogen-bond donors (Lipinski definition) is 4. The van der Waals surface area contributed by atoms with Crippen LogP contribution < -0.4 is 5.32 Å². The fourth-order valence-corrected chi connectivity index (χ4v) is 1.52. The maximum absolute atomic E-state index is 12.8. The molecule has 160 valence electrons. The van der Waals surface area contributed by atoms with Crippen LogP contribution in [0.2, 0.25) is 0 Å². The predicted molar refractivity (Wildman–Crippen MR) is 67.5 cm³/mol. The van der Waals surface area contributed by atoms with Gasteiger partial charge in [-0.2, -0.15) is 43.9 Å². The Morgan fingerprint density at radius 2 is 1.08 bits per heavy atom. The summed E-state index contributed by atoms with van der Waals surface area (Å²) >= 11 is 0. The van der Waals surface area contributed by atoms with Gasteiger partial charge >= 0.3 is 32.0 Å². The first-order valence-corrected chi connectivity index (χ1v) is 8.08. The van der Waals surface area contributed by atoms with Gasteiger partial charge in [0.05, 0.1) is 0 Å². The Morgan fingerprint density at radius 3 is 1.27 bits per heavy atom. The quantitative estimate of drug-likeness (QED) is 0.364. The Morgan fingerprint density at radius 1 is 0.808 bits per heavy atom. The Kier molecular flexibility index (Phi) is 10.1. The molecule has 0 aliphatic heterocycles. The molecule has 0 heterocycles. The van der Waals surface area contributed by atoms with Gasteiger partial charge in [0.25, 0.3) is 0 Å². The summed E-state index contributed by atoms with van der Waals surface area (Å²) in [5.74, 6) is -12.9. The van der Waals surface area contributed by atoms with Crippen molar-refractivity contribution in [2.45, 2.75) is 44.0 Å². The highest BCUT2D eigenvalue weighted by Crippen LogP contribution is 2.45. The molecule has 0 bridgehead atoms. The minimum atomic E-state index is -6.01. The first-order valence-electron chi connectivity index (χ1n) is 6.52. The zero-order valence-electron chi connectivity index (χ0n) is 12.9. The number of halogens is 10. The van der Waals surface area contributed by atoms with Crippen molar-refractivity contribution in [2.75, 3.05) is 13.1 Å². The van der Waals surface area contributed by atoms with Crippen LogP contribution in [0.5, 0.6) is 0 Å². The van der Waals surface area contributed by atoms with Crippen molar-refractivity contribution >= 4 is 7.82 Å². The molecule has 0 spiro atoms. The molecule has 0 aromatic carbocycles. The molecule has 0 aliphatic carbocycles. The normalized spacial score (nSPS) is 14.3. The van der Waals surface area contributed by atoms with Gasteiger partial charge in [-0.1, -0.05) is 6.92 Å². The second kappa shape index (κ2) is 9.53. The van der Waals surface area contributed by atoms with Gasteiger partial charge in [-0.3, -0.25) is 0 Å². The van der Waals surface area contributed by atoms with Crippen LogP contribution in [0.25, 0.3) is 0 Å². The molecular formula is C10H16F10NO4P. The lowest BCUT2D eigenvalue weighted by molar-refractivity contribution is -0.301. The third kappa shape index (κ3) is 11.9. The summed E-state index contributed by atoms with van der Waals surface area (Å²) in [5, 5.41) is 2.20. The molecule has 0 aliphatic rings. The van der Waals surface area contributed by atoms with Crippen LogP contribution in [0, 0.1) is 5.92 Å². The maximum Gasteiger partial charge on any atom is 0.466 e. The lowest BCUT2D eigenvalue weighted by Gasteiger charge is -2.29. The van der Waals surface area contributed by atoms with E-state index in [1.165, 1.54) is 6.92 Å². The van der Waals surface area contributed by atoms with Crippen LogP contribution in [-0.4, -0.2) is 52.0 Å². The Labute approximate surface area is 140 Å². The van der Waals surface area contributed by atoms with Crippen molar-refractivity contribution in [3.63, 3.8) is 0 Å². The zero-order chi connectivity index (χ0) is 21.6. The van der Waals surface area contributed by atoms with E-state index in [-0.39, 0.29) is 6.54 Å². The van der Waals surface area contributed by atoms with Gasteiger partial charge in [0.2, 0.25) is 0 Å². The summed E-state index contributed by atoms with van der Waals surface area (Å²) in [6.07, 6.45) is -16.3. The van der Waals surface area contributed by atoms with Crippen molar-refractivity contribution in [1.82, 2.24) is 5.32 Å². The molecule has 0 amide bonds. The molecule has 0 rings (SSSR count). The standard InChI is InChI=1S/C10H13F10N.H3O4P/c1-2-21-5-6(3-7(11,12)9(15,16)17)4-8(13,14)10(18,19)20;1-5(2,3)4/h6,21H,2-5H2,1H3;(H3,1,2,3,4). The molecule has 0 saturated heterocycles. The second-order valence-electron chi connectivity index (χ2n) is 5.00. The Balaban J connectivity index is 0. The zero-order valence-corrected chi connectivity index (χ0v) is 13.8. The molecule has 0 atom stereocenters. The van der Waals surface area contributed by atoms with E-state index in [1.54, 1.807) is 0 Å². The van der Waals surface area contributed by atoms with Crippen molar-refractivity contribution in [2.24, 2.45) is 5.92 Å². The highest BCUT2D eigenvalue weighted by atomic mass is 31.2. The average molecular weight is 435 g/mol. The van der Waals surface area contributed by atoms with Crippen molar-refractivity contribution in [3.05, 3.63) is 0 Å². The van der Waals surface area contributed by atoms with E-state index in [0.29, 0.717) is 0 Å². The number of rotatable bonds is 7. The number of phosphoric acid groups is 1. The topological polar surface area (TPSA) is 89.8 Å². The second-order valence-corrected chi connectivity index (χ2v) is 6.03. The first kappa shape index (κ1) is 27.6. The molecule has 0 unspecified atom stereocenters. The highest BCUT2D eigenvalue weighted by molar-refractivity contribution is 7.45. The summed E-state index contributed by atoms with van der Waals surface area (Å²) in [6, 6.07) is 0. The summed E-state index contributed by atoms with van der Waals surface area (Å²) in [6.45, 7) is 0.598. The molecule has 0 saturated carbocycles. The largest absolute Gasteiger partial charge is 0.466 e. The molecule has 4 N–H and O–H groups in total. The smallest absolute Gasteiger partial charge is 0.317 e. The van der Waals surface area contributed by atoms with Crippen LogP contribution >= 0.6 is 7.82 Å². The van der Waals surface area contributed by atoms with E-state index in [1.807, 2.05) is 0 Å². The van der Waals surface area contributed by atoms with Gasteiger partial charge in [-0.25, -0.2) is 4.57 Å². The Hall–Kier alpha value is -0.630. The van der Waals surface area contributed by atoms with Gasteiger partial charge in [0, 0.05) is 12.8 Å². The van der Waals surface area contributed by atoms with Gasteiger partial charge in [0.15, 0.2) is 0 Å². The van der Waals surface area contributed by atoms with Gasteiger partial charge in [-0.05, 0) is 19.0 Å². The number of hydrogen-bond acceptors (Lipinski definition) is 2. The van der Waals surface area contributed by atoms with Gasteiger partial charge in [0.1, 0.15) is 0 Å². The molecule has 5 nitrogen and oxygen atoms in total. The monoisotopic (exact) mass is 435 g/mol. The van der Waals surface area contributed by atoms with E-state index in [4.69, 9.17) is 19.2 Å². The first-order chi connectivity index (χ1) is 11.1. The predicted octanol–water partition coefficient (Wildman–Crippen LogP) is 3.46. The van der Waals surface area contributed by atoms with Gasteiger partial charge in [-0.15, -0.1) is 0 Å². The van der Waals surface area contributed by atoms with E-state index < -0.39 is 57.3 Å². The van der Waals surface area contributed by atoms with Crippen molar-refractivity contribution in [3.8, 4) is 0 Å². The van der Waals surface area contributed by atoms with Crippen LogP contribution in [0.3, 0.4) is 0 Å². The van der Waals surface area contributed by atoms with E-state index in [0.717, 1.165) is 0 Å². The molecule has 0 fully saturated rings. The van der Waals surface area contributed by atoms with Crippen LogP contribution in [0.15, 0.2) is 0 Å².